The van der Waals surface area contributed by atoms with Crippen LogP contribution in [-0.4, -0.2) is 20.7 Å². The molecule has 0 radical (unpaired) electrons. The molecule has 3 heterocycles. The van der Waals surface area contributed by atoms with Crippen LogP contribution in [0, 0.1) is 0 Å². The van der Waals surface area contributed by atoms with Gasteiger partial charge in [-0.15, -0.1) is 22.7 Å². The van der Waals surface area contributed by atoms with Gasteiger partial charge in [0.2, 0.25) is 0 Å². The van der Waals surface area contributed by atoms with E-state index in [1.807, 2.05) is 22.7 Å². The van der Waals surface area contributed by atoms with Crippen molar-refractivity contribution in [1.82, 2.24) is 4.57 Å². The van der Waals surface area contributed by atoms with Crippen molar-refractivity contribution in [2.24, 2.45) is 0 Å². The van der Waals surface area contributed by atoms with Gasteiger partial charge < -0.3 is 4.57 Å². The molecule has 0 aliphatic carbocycles. The first kappa shape index (κ1) is 48.3. The van der Waals surface area contributed by atoms with E-state index in [1.165, 1.54) is 142 Å². The zero-order chi connectivity index (χ0) is 54.6. The molecule has 0 aliphatic rings. The number of para-hydroxylation sites is 1. The van der Waals surface area contributed by atoms with Crippen molar-refractivity contribution in [3.63, 3.8) is 0 Å². The van der Waals surface area contributed by atoms with Gasteiger partial charge in [-0.05, 0) is 104 Å². The van der Waals surface area contributed by atoms with Crippen LogP contribution in [0.3, 0.4) is 0 Å². The van der Waals surface area contributed by atoms with Gasteiger partial charge in [-0.25, -0.2) is 0 Å². The summed E-state index contributed by atoms with van der Waals surface area (Å²) in [6, 6.07) is 118. The van der Waals surface area contributed by atoms with E-state index >= 15 is 0 Å². The Labute approximate surface area is 490 Å². The topological polar surface area (TPSA) is 4.93 Å². The highest BCUT2D eigenvalue weighted by Gasteiger charge is 2.44. The summed E-state index contributed by atoms with van der Waals surface area (Å²) in [5, 5.41) is 26.4. The van der Waals surface area contributed by atoms with Gasteiger partial charge in [-0.1, -0.05) is 279 Å². The van der Waals surface area contributed by atoms with E-state index in [9.17, 15) is 0 Å². The number of rotatable bonds is 9. The molecule has 0 saturated heterocycles. The van der Waals surface area contributed by atoms with E-state index in [4.69, 9.17) is 0 Å². The van der Waals surface area contributed by atoms with Gasteiger partial charge in [0, 0.05) is 52.1 Å². The highest BCUT2D eigenvalue weighted by atomic mass is 32.1. The lowest BCUT2D eigenvalue weighted by Gasteiger charge is -2.35. The highest BCUT2D eigenvalue weighted by Crippen LogP contribution is 2.43. The second-order valence-corrected chi connectivity index (χ2v) is 31.8. The van der Waals surface area contributed by atoms with E-state index in [-0.39, 0.29) is 0 Å². The van der Waals surface area contributed by atoms with Crippen LogP contribution in [0.1, 0.15) is 0 Å². The fourth-order valence-corrected chi connectivity index (χ4v) is 27.2. The predicted molar refractivity (Wildman–Crippen MR) is 366 cm³/mol. The maximum atomic E-state index is 2.60. The predicted octanol–water partition coefficient (Wildman–Crippen LogP) is 15.7. The molecule has 388 valence electrons. The second-order valence-electron chi connectivity index (χ2n) is 22.2. The standard InChI is InChI=1S/C78H51NS2Si2/c1-5-24-53(25-6-1)82(54-26-7-2-8-27-54,57-32-21-23-52(49-57)79-72-39-18-15-35-64(72)67-47-48-69-66-37-17-20-41-74(66)81-78(69)76(67)79)58-43-45-62-63-46-44-59(51-71(63)61-34-14-13-33-60(61)70(62)50-58)83(55-28-9-3-10-29-55,56-30-11-4-12-31-56)75-42-22-38-68-65-36-16-19-40-73(65)80-77(68)75/h1-51H. The lowest BCUT2D eigenvalue weighted by Crippen LogP contribution is -2.74. The van der Waals surface area contributed by atoms with E-state index in [0.29, 0.717) is 0 Å². The van der Waals surface area contributed by atoms with Crippen molar-refractivity contribution in [3.8, 4) is 5.69 Å². The molecule has 0 amide bonds. The normalized spacial score (nSPS) is 12.3. The number of hydrogen-bond donors (Lipinski definition) is 0. The van der Waals surface area contributed by atoms with E-state index in [2.05, 4.69) is 314 Å². The van der Waals surface area contributed by atoms with Crippen LogP contribution >= 0.6 is 22.7 Å². The molecule has 0 atom stereocenters. The van der Waals surface area contributed by atoms with Gasteiger partial charge in [0.15, 0.2) is 16.1 Å². The molecular formula is C78H51NS2Si2. The third-order valence-corrected chi connectivity index (χ3v) is 30.2. The van der Waals surface area contributed by atoms with Crippen LogP contribution in [0.4, 0.5) is 0 Å². The van der Waals surface area contributed by atoms with Crippen molar-refractivity contribution < 1.29 is 0 Å². The highest BCUT2D eigenvalue weighted by molar-refractivity contribution is 7.31. The number of benzene rings is 14. The Bertz CT molecular complexity index is 5300. The van der Waals surface area contributed by atoms with Gasteiger partial charge in [0.1, 0.15) is 0 Å². The summed E-state index contributed by atoms with van der Waals surface area (Å²) in [6.45, 7) is 0. The van der Waals surface area contributed by atoms with Gasteiger partial charge >= 0.3 is 0 Å². The molecule has 0 bridgehead atoms. The Balaban J connectivity index is 0.927. The van der Waals surface area contributed by atoms with Gasteiger partial charge in [0.05, 0.1) is 15.7 Å². The van der Waals surface area contributed by atoms with Crippen molar-refractivity contribution in [1.29, 1.82) is 0 Å². The van der Waals surface area contributed by atoms with Crippen LogP contribution in [0.25, 0.3) is 100 Å². The summed E-state index contributed by atoms with van der Waals surface area (Å²) in [6.07, 6.45) is 0. The van der Waals surface area contributed by atoms with E-state index in [0.717, 1.165) is 0 Å². The molecule has 0 spiro atoms. The van der Waals surface area contributed by atoms with Crippen molar-refractivity contribution in [2.75, 3.05) is 0 Å². The Kier molecular flexibility index (Phi) is 11.1. The first-order chi connectivity index (χ1) is 41.2. The van der Waals surface area contributed by atoms with Crippen LogP contribution in [-0.2, 0) is 0 Å². The molecule has 0 N–H and O–H groups in total. The lowest BCUT2D eigenvalue weighted by atomic mass is 9.94. The lowest BCUT2D eigenvalue weighted by molar-refractivity contribution is 1.19. The summed E-state index contributed by atoms with van der Waals surface area (Å²) in [7, 11) is -6.12. The average molecular weight is 1120 g/mol. The molecule has 1 nitrogen and oxygen atoms in total. The summed E-state index contributed by atoms with van der Waals surface area (Å²) in [5.41, 5.74) is 3.66. The first-order valence-corrected chi connectivity index (χ1v) is 34.3. The van der Waals surface area contributed by atoms with Crippen LogP contribution in [0.5, 0.6) is 0 Å². The minimum Gasteiger partial charge on any atom is -0.308 e. The summed E-state index contributed by atoms with van der Waals surface area (Å²) in [5.74, 6) is 0. The number of aromatic nitrogens is 1. The Hall–Kier alpha value is -9.47. The fourth-order valence-electron chi connectivity index (χ4n) is 14.6. The second kappa shape index (κ2) is 19.1. The smallest absolute Gasteiger partial charge is 0.181 e. The molecule has 14 aromatic carbocycles. The zero-order valence-electron chi connectivity index (χ0n) is 45.2. The van der Waals surface area contributed by atoms with Gasteiger partial charge in [-0.3, -0.25) is 0 Å². The largest absolute Gasteiger partial charge is 0.308 e. The Morgan fingerprint density at radius 2 is 0.614 bits per heavy atom. The monoisotopic (exact) mass is 1120 g/mol. The molecule has 0 unspecified atom stereocenters. The van der Waals surface area contributed by atoms with Crippen LogP contribution in [0.2, 0.25) is 0 Å². The third-order valence-electron chi connectivity index (χ3n) is 18.1. The van der Waals surface area contributed by atoms with Crippen molar-refractivity contribution >= 4 is 175 Å². The molecule has 0 saturated carbocycles. The van der Waals surface area contributed by atoms with Crippen LogP contribution < -0.4 is 41.5 Å². The molecule has 17 aromatic rings. The quantitative estimate of drug-likeness (QED) is 0.0771. The Morgan fingerprint density at radius 3 is 1.19 bits per heavy atom. The zero-order valence-corrected chi connectivity index (χ0v) is 48.8. The average Bonchev–Trinajstić information content (AvgIpc) is 2.26. The fraction of sp³-hybridized carbons (Fsp3) is 0. The summed E-state index contributed by atoms with van der Waals surface area (Å²) in [4.78, 5) is 0. The Morgan fingerprint density at radius 1 is 0.229 bits per heavy atom. The van der Waals surface area contributed by atoms with E-state index in [1.54, 1.807) is 0 Å². The van der Waals surface area contributed by atoms with Crippen LogP contribution in [0.15, 0.2) is 309 Å². The summed E-state index contributed by atoms with van der Waals surface area (Å²) >= 11 is 3.85. The third kappa shape index (κ3) is 7.09. The number of nitrogens with zero attached hydrogens (tertiary/aromatic N) is 1. The summed E-state index contributed by atoms with van der Waals surface area (Å²) < 4.78 is 7.90. The molecule has 0 aliphatic heterocycles. The van der Waals surface area contributed by atoms with Gasteiger partial charge in [0.25, 0.3) is 0 Å². The minimum atomic E-state index is -3.12. The SMILES string of the molecule is c1ccc([Si](c2ccccc2)(c2cccc(-n3c4ccccc4c4ccc5c6ccccc6sc5c43)c2)c2ccc3c4ccc([Si](c5ccccc5)(c5ccccc5)c5cccc6c5sc5ccccc56)cc4c4ccccc4c3c2)cc1. The van der Waals surface area contributed by atoms with E-state index < -0.39 is 16.1 Å². The number of fused-ring (bicyclic) bond motifs is 16. The minimum absolute atomic E-state index is 1.17. The maximum absolute atomic E-state index is 3.12. The van der Waals surface area contributed by atoms with Gasteiger partial charge in [-0.2, -0.15) is 0 Å². The molecule has 0 fully saturated rings. The molecule has 17 rings (SSSR count). The van der Waals surface area contributed by atoms with Crippen molar-refractivity contribution in [3.05, 3.63) is 309 Å². The molecular weight excluding hydrogens is 1070 g/mol. The van der Waals surface area contributed by atoms with Crippen molar-refractivity contribution in [2.45, 2.75) is 0 Å². The number of thiophene rings is 2. The maximum Gasteiger partial charge on any atom is 0.181 e. The number of hydrogen-bond acceptors (Lipinski definition) is 2. The molecule has 3 aromatic heterocycles. The first-order valence-electron chi connectivity index (χ1n) is 28.6. The molecule has 83 heavy (non-hydrogen) atoms. The molecule has 5 heteroatoms.